The molecular formula is C14H12BrN3O2. The fraction of sp³-hybridized carbons (Fsp3) is 0.0714. The minimum atomic E-state index is -0.354. The first-order valence-electron chi connectivity index (χ1n) is 5.87. The highest BCUT2D eigenvalue weighted by Gasteiger charge is 2.15. The third-order valence-corrected chi connectivity index (χ3v) is 3.08. The predicted molar refractivity (Wildman–Crippen MR) is 79.5 cm³/mol. The number of benzene rings is 1. The van der Waals surface area contributed by atoms with E-state index in [1.807, 2.05) is 0 Å². The number of nitrogens with one attached hydrogen (secondary N) is 1. The van der Waals surface area contributed by atoms with Crippen LogP contribution in [0.15, 0.2) is 47.1 Å². The number of aromatic nitrogens is 1. The number of carbonyl (C=O) groups is 2. The molecule has 1 aromatic carbocycles. The van der Waals surface area contributed by atoms with Crippen molar-refractivity contribution in [1.29, 1.82) is 0 Å². The molecule has 3 N–H and O–H groups in total. The monoisotopic (exact) mass is 333 g/mol. The number of amides is 1. The Labute approximate surface area is 124 Å². The van der Waals surface area contributed by atoms with Crippen molar-refractivity contribution in [2.45, 2.75) is 0 Å². The lowest BCUT2D eigenvalue weighted by atomic mass is 10.1. The number of carbonyl (C=O) groups excluding carboxylic acids is 2. The lowest BCUT2D eigenvalue weighted by Crippen LogP contribution is -2.23. The summed E-state index contributed by atoms with van der Waals surface area (Å²) in [4.78, 5) is 27.8. The molecule has 0 spiro atoms. The van der Waals surface area contributed by atoms with Crippen LogP contribution >= 0.6 is 15.9 Å². The minimum Gasteiger partial charge on any atom is -0.324 e. The number of hydrogen-bond acceptors (Lipinski definition) is 4. The number of halogens is 1. The summed E-state index contributed by atoms with van der Waals surface area (Å²) >= 11 is 3.29. The van der Waals surface area contributed by atoms with Gasteiger partial charge in [-0.25, -0.2) is 0 Å². The second kappa shape index (κ2) is 6.40. The highest BCUT2D eigenvalue weighted by atomic mass is 79.9. The lowest BCUT2D eigenvalue weighted by Gasteiger charge is -2.09. The number of nitrogens with zero attached hydrogens (tertiary/aromatic N) is 1. The number of ketones is 1. The van der Waals surface area contributed by atoms with Crippen molar-refractivity contribution in [2.75, 3.05) is 11.9 Å². The summed E-state index contributed by atoms with van der Waals surface area (Å²) in [6.07, 6.45) is 1.54. The van der Waals surface area contributed by atoms with Gasteiger partial charge in [-0.1, -0.05) is 28.1 Å². The zero-order chi connectivity index (χ0) is 14.5. The number of rotatable bonds is 4. The Morgan fingerprint density at radius 3 is 2.70 bits per heavy atom. The molecule has 2 aromatic rings. The summed E-state index contributed by atoms with van der Waals surface area (Å²) in [6, 6.07) is 10.1. The Kier molecular flexibility index (Phi) is 4.60. The molecule has 1 heterocycles. The highest BCUT2D eigenvalue weighted by Crippen LogP contribution is 2.19. The number of anilines is 1. The van der Waals surface area contributed by atoms with E-state index in [2.05, 4.69) is 26.2 Å². The third-order valence-electron chi connectivity index (χ3n) is 2.59. The van der Waals surface area contributed by atoms with Crippen LogP contribution in [-0.4, -0.2) is 23.2 Å². The molecule has 0 unspecified atom stereocenters. The van der Waals surface area contributed by atoms with E-state index in [4.69, 9.17) is 5.73 Å². The van der Waals surface area contributed by atoms with Crippen LogP contribution in [0.25, 0.3) is 0 Å². The molecule has 6 heteroatoms. The van der Waals surface area contributed by atoms with Crippen LogP contribution in [0, 0.1) is 0 Å². The maximum absolute atomic E-state index is 12.4. The maximum atomic E-state index is 12.4. The fourth-order valence-corrected chi connectivity index (χ4v) is 1.99. The summed E-state index contributed by atoms with van der Waals surface area (Å²) < 4.78 is 0.763. The zero-order valence-electron chi connectivity index (χ0n) is 10.5. The first-order chi connectivity index (χ1) is 9.61. The van der Waals surface area contributed by atoms with Gasteiger partial charge < -0.3 is 11.1 Å². The van der Waals surface area contributed by atoms with Gasteiger partial charge in [-0.2, -0.15) is 0 Å². The fourth-order valence-electron chi connectivity index (χ4n) is 1.66. The molecule has 0 saturated heterocycles. The molecule has 20 heavy (non-hydrogen) atoms. The SMILES string of the molecule is NCC(=O)Nc1ccccc1C(=O)c1cc(Br)ccn1. The number of hydrogen-bond donors (Lipinski definition) is 2. The Balaban J connectivity index is 2.37. The molecule has 0 aliphatic heterocycles. The van der Waals surface area contributed by atoms with Crippen molar-refractivity contribution in [3.05, 3.63) is 58.3 Å². The van der Waals surface area contributed by atoms with E-state index < -0.39 is 0 Å². The standard InChI is InChI=1S/C14H12BrN3O2/c15-9-5-6-17-12(7-9)14(20)10-3-1-2-4-11(10)18-13(19)8-16/h1-7H,8,16H2,(H,18,19). The van der Waals surface area contributed by atoms with Gasteiger partial charge in [-0.3, -0.25) is 14.6 Å². The van der Waals surface area contributed by atoms with E-state index in [0.29, 0.717) is 16.9 Å². The van der Waals surface area contributed by atoms with Crippen molar-refractivity contribution in [2.24, 2.45) is 5.73 Å². The van der Waals surface area contributed by atoms with Crippen LogP contribution in [0.5, 0.6) is 0 Å². The predicted octanol–water partition coefficient (Wildman–Crippen LogP) is 1.97. The van der Waals surface area contributed by atoms with Crippen LogP contribution in [0.2, 0.25) is 0 Å². The van der Waals surface area contributed by atoms with Gasteiger partial charge >= 0.3 is 0 Å². The molecule has 0 bridgehead atoms. The summed E-state index contributed by atoms with van der Waals surface area (Å²) in [5.41, 5.74) is 6.36. The van der Waals surface area contributed by atoms with Crippen molar-refractivity contribution in [1.82, 2.24) is 4.98 Å². The van der Waals surface area contributed by atoms with Crippen LogP contribution in [0.3, 0.4) is 0 Å². The molecule has 2 rings (SSSR count). The van der Waals surface area contributed by atoms with Gasteiger partial charge in [-0.05, 0) is 24.3 Å². The van der Waals surface area contributed by atoms with Crippen LogP contribution in [-0.2, 0) is 4.79 Å². The average molecular weight is 334 g/mol. The number of pyridine rings is 1. The maximum Gasteiger partial charge on any atom is 0.238 e. The molecule has 0 aliphatic carbocycles. The normalized spacial score (nSPS) is 10.1. The molecule has 102 valence electrons. The minimum absolute atomic E-state index is 0.141. The molecule has 0 fully saturated rings. The largest absolute Gasteiger partial charge is 0.324 e. The first-order valence-corrected chi connectivity index (χ1v) is 6.66. The molecule has 1 aromatic heterocycles. The Bertz CT molecular complexity index is 658. The zero-order valence-corrected chi connectivity index (χ0v) is 12.1. The summed E-state index contributed by atoms with van der Waals surface area (Å²) in [5, 5.41) is 2.60. The van der Waals surface area contributed by atoms with Crippen LogP contribution in [0.4, 0.5) is 5.69 Å². The van der Waals surface area contributed by atoms with E-state index >= 15 is 0 Å². The number of nitrogens with two attached hydrogens (primary N) is 1. The third kappa shape index (κ3) is 3.28. The second-order valence-electron chi connectivity index (χ2n) is 3.99. The molecule has 0 radical (unpaired) electrons. The summed E-state index contributed by atoms with van der Waals surface area (Å²) in [5.74, 6) is -0.619. The van der Waals surface area contributed by atoms with Crippen molar-refractivity contribution in [3.63, 3.8) is 0 Å². The second-order valence-corrected chi connectivity index (χ2v) is 4.90. The molecule has 0 saturated carbocycles. The van der Waals surface area contributed by atoms with Gasteiger partial charge in [0.1, 0.15) is 5.69 Å². The smallest absolute Gasteiger partial charge is 0.238 e. The van der Waals surface area contributed by atoms with Crippen LogP contribution < -0.4 is 11.1 Å². The van der Waals surface area contributed by atoms with Gasteiger partial charge in [-0.15, -0.1) is 0 Å². The van der Waals surface area contributed by atoms with E-state index in [-0.39, 0.29) is 18.2 Å². The Morgan fingerprint density at radius 1 is 1.25 bits per heavy atom. The molecule has 0 aliphatic rings. The van der Waals surface area contributed by atoms with Crippen LogP contribution in [0.1, 0.15) is 16.1 Å². The highest BCUT2D eigenvalue weighted by molar-refractivity contribution is 9.10. The topological polar surface area (TPSA) is 85.1 Å². The van der Waals surface area contributed by atoms with Gasteiger partial charge in [0.05, 0.1) is 12.2 Å². The van der Waals surface area contributed by atoms with Crippen molar-refractivity contribution < 1.29 is 9.59 Å². The molecule has 1 amide bonds. The van der Waals surface area contributed by atoms with Gasteiger partial charge in [0.2, 0.25) is 11.7 Å². The van der Waals surface area contributed by atoms with Gasteiger partial charge in [0.15, 0.2) is 0 Å². The van der Waals surface area contributed by atoms with E-state index in [1.54, 1.807) is 42.6 Å². The number of para-hydroxylation sites is 1. The van der Waals surface area contributed by atoms with E-state index in [1.165, 1.54) is 0 Å². The van der Waals surface area contributed by atoms with Gasteiger partial charge in [0, 0.05) is 16.2 Å². The lowest BCUT2D eigenvalue weighted by molar-refractivity contribution is -0.114. The Hall–Kier alpha value is -2.05. The van der Waals surface area contributed by atoms with E-state index in [0.717, 1.165) is 4.47 Å². The van der Waals surface area contributed by atoms with E-state index in [9.17, 15) is 9.59 Å². The summed E-state index contributed by atoms with van der Waals surface area (Å²) in [7, 11) is 0. The Morgan fingerprint density at radius 2 is 2.00 bits per heavy atom. The van der Waals surface area contributed by atoms with Gasteiger partial charge in [0.25, 0.3) is 0 Å². The molecular weight excluding hydrogens is 322 g/mol. The molecule has 0 atom stereocenters. The average Bonchev–Trinajstić information content (AvgIpc) is 2.47. The van der Waals surface area contributed by atoms with Crippen molar-refractivity contribution >= 4 is 33.3 Å². The van der Waals surface area contributed by atoms with Crippen molar-refractivity contribution in [3.8, 4) is 0 Å². The molecule has 5 nitrogen and oxygen atoms in total. The quantitative estimate of drug-likeness (QED) is 0.837. The summed E-state index contributed by atoms with van der Waals surface area (Å²) in [6.45, 7) is -0.141. The first kappa shape index (κ1) is 14.4.